The van der Waals surface area contributed by atoms with E-state index < -0.39 is 0 Å². The van der Waals surface area contributed by atoms with Crippen molar-refractivity contribution in [3.63, 3.8) is 0 Å². The highest BCUT2D eigenvalue weighted by Crippen LogP contribution is 2.20. The van der Waals surface area contributed by atoms with Gasteiger partial charge in [0.25, 0.3) is 5.91 Å². The second kappa shape index (κ2) is 5.67. The molecule has 0 bridgehead atoms. The van der Waals surface area contributed by atoms with E-state index in [0.29, 0.717) is 22.8 Å². The Morgan fingerprint density at radius 1 is 1.37 bits per heavy atom. The van der Waals surface area contributed by atoms with Gasteiger partial charge in [-0.15, -0.1) is 0 Å². The molecule has 0 fully saturated rings. The van der Waals surface area contributed by atoms with E-state index >= 15 is 0 Å². The first kappa shape index (κ1) is 13.3. The largest absolute Gasteiger partial charge is 0.399 e. The maximum Gasteiger partial charge on any atom is 0.257 e. The smallest absolute Gasteiger partial charge is 0.257 e. The number of hydrogen-bond donors (Lipinski definition) is 1. The van der Waals surface area contributed by atoms with E-state index in [1.54, 1.807) is 30.1 Å². The number of carbonyl (C=O) groups excluding carboxylic acids is 1. The zero-order valence-corrected chi connectivity index (χ0v) is 11.1. The predicted molar refractivity (Wildman–Crippen MR) is 73.7 cm³/mol. The van der Waals surface area contributed by atoms with Gasteiger partial charge in [0.05, 0.1) is 5.56 Å². The van der Waals surface area contributed by atoms with Gasteiger partial charge in [0, 0.05) is 36.7 Å². The molecule has 98 valence electrons. The number of carbonyl (C=O) groups is 1. The fraction of sp³-hybridized carbons (Fsp3) is 0.154. The molecule has 0 unspecified atom stereocenters. The van der Waals surface area contributed by atoms with Gasteiger partial charge in [0.15, 0.2) is 0 Å². The van der Waals surface area contributed by atoms with Crippen LogP contribution in [0.3, 0.4) is 0 Å². The molecule has 0 saturated heterocycles. The Kier molecular flexibility index (Phi) is 3.97. The van der Waals surface area contributed by atoms with Crippen LogP contribution in [-0.2, 0) is 6.54 Å². The lowest BCUT2D eigenvalue weighted by Crippen LogP contribution is -2.26. The molecule has 0 atom stereocenters. The summed E-state index contributed by atoms with van der Waals surface area (Å²) in [7, 11) is 1.69. The Morgan fingerprint density at radius 3 is 2.74 bits per heavy atom. The highest BCUT2D eigenvalue weighted by atomic mass is 35.5. The Bertz CT molecular complexity index is 588. The van der Waals surface area contributed by atoms with Crippen molar-refractivity contribution in [2.45, 2.75) is 6.54 Å². The van der Waals surface area contributed by atoms with Crippen molar-refractivity contribution in [2.75, 3.05) is 12.8 Å². The van der Waals surface area contributed by atoms with Crippen molar-refractivity contribution in [1.29, 1.82) is 0 Å². The van der Waals surface area contributed by atoms with Gasteiger partial charge in [-0.1, -0.05) is 11.6 Å². The molecule has 1 amide bonds. The first-order chi connectivity index (χ1) is 9.08. The maximum atomic E-state index is 12.1. The van der Waals surface area contributed by atoms with Crippen molar-refractivity contribution in [1.82, 2.24) is 14.9 Å². The van der Waals surface area contributed by atoms with Crippen LogP contribution >= 0.6 is 11.6 Å². The number of aromatic nitrogens is 2. The van der Waals surface area contributed by atoms with Gasteiger partial charge in [-0.2, -0.15) is 0 Å². The highest BCUT2D eigenvalue weighted by molar-refractivity contribution is 6.31. The van der Waals surface area contributed by atoms with Crippen LogP contribution < -0.4 is 5.73 Å². The molecule has 0 radical (unpaired) electrons. The summed E-state index contributed by atoms with van der Waals surface area (Å²) in [6.07, 6.45) is 4.34. The minimum atomic E-state index is -0.168. The van der Waals surface area contributed by atoms with Crippen LogP contribution in [0.4, 0.5) is 5.69 Å². The van der Waals surface area contributed by atoms with Crippen molar-refractivity contribution in [3.8, 4) is 0 Å². The van der Waals surface area contributed by atoms with Crippen LogP contribution in [0.25, 0.3) is 0 Å². The Balaban J connectivity index is 2.15. The third-order valence-corrected chi connectivity index (χ3v) is 3.00. The summed E-state index contributed by atoms with van der Waals surface area (Å²) in [5.74, 6) is -0.168. The minimum absolute atomic E-state index is 0.168. The maximum absolute atomic E-state index is 12.1. The summed E-state index contributed by atoms with van der Waals surface area (Å²) >= 11 is 6.07. The third kappa shape index (κ3) is 3.20. The molecule has 2 N–H and O–H groups in total. The van der Waals surface area contributed by atoms with E-state index in [0.717, 1.165) is 5.56 Å². The minimum Gasteiger partial charge on any atom is -0.399 e. The summed E-state index contributed by atoms with van der Waals surface area (Å²) in [5, 5.41) is 0.582. The summed E-state index contributed by atoms with van der Waals surface area (Å²) < 4.78 is 0. The molecule has 6 heteroatoms. The number of nitrogens with zero attached hydrogens (tertiary/aromatic N) is 3. The zero-order chi connectivity index (χ0) is 13.8. The normalized spacial score (nSPS) is 10.2. The summed E-state index contributed by atoms with van der Waals surface area (Å²) in [6.45, 7) is 0.373. The summed E-state index contributed by atoms with van der Waals surface area (Å²) in [4.78, 5) is 21.3. The summed E-state index contributed by atoms with van der Waals surface area (Å²) in [5.41, 5.74) is 7.56. The highest BCUT2D eigenvalue weighted by Gasteiger charge is 2.13. The number of benzene rings is 1. The quantitative estimate of drug-likeness (QED) is 0.870. The molecule has 0 aliphatic rings. The van der Waals surface area contributed by atoms with Crippen molar-refractivity contribution in [2.24, 2.45) is 0 Å². The fourth-order valence-corrected chi connectivity index (χ4v) is 1.85. The molecule has 5 nitrogen and oxygen atoms in total. The van der Waals surface area contributed by atoms with Crippen LogP contribution in [0, 0.1) is 0 Å². The molecule has 0 aliphatic carbocycles. The molecule has 2 aromatic rings. The van der Waals surface area contributed by atoms with Crippen molar-refractivity contribution in [3.05, 3.63) is 53.1 Å². The lowest BCUT2D eigenvalue weighted by Gasteiger charge is -2.18. The molecule has 2 rings (SSSR count). The van der Waals surface area contributed by atoms with E-state index in [2.05, 4.69) is 9.97 Å². The molecule has 1 aromatic heterocycles. The van der Waals surface area contributed by atoms with Crippen LogP contribution in [0.15, 0.2) is 36.9 Å². The van der Waals surface area contributed by atoms with Gasteiger partial charge in [0.1, 0.15) is 6.33 Å². The molecule has 1 heterocycles. The van der Waals surface area contributed by atoms with E-state index in [9.17, 15) is 4.79 Å². The first-order valence-corrected chi connectivity index (χ1v) is 6.00. The van der Waals surface area contributed by atoms with Gasteiger partial charge in [-0.3, -0.25) is 4.79 Å². The van der Waals surface area contributed by atoms with Gasteiger partial charge < -0.3 is 10.6 Å². The van der Waals surface area contributed by atoms with Crippen LogP contribution in [-0.4, -0.2) is 27.8 Å². The Morgan fingerprint density at radius 2 is 2.05 bits per heavy atom. The fourth-order valence-electron chi connectivity index (χ4n) is 1.67. The number of amides is 1. The van der Waals surface area contributed by atoms with Gasteiger partial charge >= 0.3 is 0 Å². The summed E-state index contributed by atoms with van der Waals surface area (Å²) in [6, 6.07) is 5.20. The molecule has 1 aromatic carbocycles. The number of anilines is 1. The van der Waals surface area contributed by atoms with E-state index in [4.69, 9.17) is 17.3 Å². The number of halogens is 1. The number of hydrogen-bond acceptors (Lipinski definition) is 4. The molecule has 0 spiro atoms. The third-order valence-electron chi connectivity index (χ3n) is 2.63. The molecule has 0 saturated carbocycles. The standard InChI is InChI=1S/C13H13ClN4O/c1-18(13(19)10-5-16-8-17-6-10)7-9-4-11(15)2-3-12(9)14/h2-6,8H,7,15H2,1H3. The lowest BCUT2D eigenvalue weighted by atomic mass is 10.2. The van der Waals surface area contributed by atoms with Crippen LogP contribution in [0.1, 0.15) is 15.9 Å². The molecular formula is C13H13ClN4O. The van der Waals surface area contributed by atoms with Crippen molar-refractivity contribution < 1.29 is 4.79 Å². The number of nitrogen functional groups attached to an aromatic ring is 1. The topological polar surface area (TPSA) is 72.1 Å². The number of nitrogens with two attached hydrogens (primary N) is 1. The van der Waals surface area contributed by atoms with Crippen LogP contribution in [0.5, 0.6) is 0 Å². The van der Waals surface area contributed by atoms with E-state index in [1.807, 2.05) is 0 Å². The predicted octanol–water partition coefficient (Wildman–Crippen LogP) is 1.98. The average molecular weight is 277 g/mol. The number of rotatable bonds is 3. The van der Waals surface area contributed by atoms with Gasteiger partial charge in [0.2, 0.25) is 0 Å². The monoisotopic (exact) mass is 276 g/mol. The van der Waals surface area contributed by atoms with E-state index in [-0.39, 0.29) is 5.91 Å². The Hall–Kier alpha value is -2.14. The lowest BCUT2D eigenvalue weighted by molar-refractivity contribution is 0.0784. The van der Waals surface area contributed by atoms with Gasteiger partial charge in [-0.25, -0.2) is 9.97 Å². The van der Waals surface area contributed by atoms with Crippen molar-refractivity contribution >= 4 is 23.2 Å². The SMILES string of the molecule is CN(Cc1cc(N)ccc1Cl)C(=O)c1cncnc1. The molecular weight excluding hydrogens is 264 g/mol. The van der Waals surface area contributed by atoms with Crippen LogP contribution in [0.2, 0.25) is 5.02 Å². The second-order valence-corrected chi connectivity index (χ2v) is 4.55. The zero-order valence-electron chi connectivity index (χ0n) is 10.4. The average Bonchev–Trinajstić information content (AvgIpc) is 2.43. The molecule has 19 heavy (non-hydrogen) atoms. The molecule has 0 aliphatic heterocycles. The Labute approximate surface area is 116 Å². The van der Waals surface area contributed by atoms with Gasteiger partial charge in [-0.05, 0) is 23.8 Å². The first-order valence-electron chi connectivity index (χ1n) is 5.62. The van der Waals surface area contributed by atoms with E-state index in [1.165, 1.54) is 18.7 Å². The second-order valence-electron chi connectivity index (χ2n) is 4.14.